The van der Waals surface area contributed by atoms with Gasteiger partial charge in [-0.05, 0) is 62.2 Å². The van der Waals surface area contributed by atoms with E-state index in [4.69, 9.17) is 0 Å². The number of benzene rings is 2. The molecule has 0 aliphatic rings. The van der Waals surface area contributed by atoms with E-state index in [-0.39, 0.29) is 5.91 Å². The van der Waals surface area contributed by atoms with Gasteiger partial charge in [0.1, 0.15) is 0 Å². The molecule has 24 heavy (non-hydrogen) atoms. The second kappa shape index (κ2) is 9.24. The molecule has 1 amide bonds. The highest BCUT2D eigenvalue weighted by Crippen LogP contribution is 2.15. The standard InChI is InChI=1S/C21H28N2O/c1-4-14-23(15-5-2)16-18-10-12-19(13-11-18)22-21(24)20-9-7-6-8-17(20)3/h6-13H,4-5,14-16H2,1-3H3,(H,22,24). The van der Waals surface area contributed by atoms with E-state index in [1.807, 2.05) is 43.3 Å². The fraction of sp³-hybridized carbons (Fsp3) is 0.381. The van der Waals surface area contributed by atoms with Crippen LogP contribution in [0.25, 0.3) is 0 Å². The van der Waals surface area contributed by atoms with Gasteiger partial charge in [0.15, 0.2) is 0 Å². The first-order chi connectivity index (χ1) is 11.6. The minimum Gasteiger partial charge on any atom is -0.322 e. The molecule has 0 aliphatic heterocycles. The van der Waals surface area contributed by atoms with E-state index in [0.29, 0.717) is 0 Å². The van der Waals surface area contributed by atoms with Gasteiger partial charge in [0, 0.05) is 17.8 Å². The van der Waals surface area contributed by atoms with Gasteiger partial charge in [-0.2, -0.15) is 0 Å². The minimum absolute atomic E-state index is 0.0561. The van der Waals surface area contributed by atoms with Crippen LogP contribution in [0.2, 0.25) is 0 Å². The van der Waals surface area contributed by atoms with Gasteiger partial charge in [0.25, 0.3) is 5.91 Å². The lowest BCUT2D eigenvalue weighted by Crippen LogP contribution is -2.24. The third-order valence-corrected chi connectivity index (χ3v) is 4.09. The third-order valence-electron chi connectivity index (χ3n) is 4.09. The third kappa shape index (κ3) is 5.20. The first kappa shape index (κ1) is 18.2. The van der Waals surface area contributed by atoms with Gasteiger partial charge in [-0.25, -0.2) is 0 Å². The summed E-state index contributed by atoms with van der Waals surface area (Å²) in [6, 6.07) is 15.8. The predicted molar refractivity (Wildman–Crippen MR) is 101 cm³/mol. The average Bonchev–Trinajstić information content (AvgIpc) is 2.57. The molecule has 0 saturated heterocycles. The molecule has 0 aliphatic carbocycles. The molecule has 0 saturated carbocycles. The Hall–Kier alpha value is -2.13. The monoisotopic (exact) mass is 324 g/mol. The van der Waals surface area contributed by atoms with Crippen molar-refractivity contribution in [2.75, 3.05) is 18.4 Å². The molecule has 0 fully saturated rings. The molecule has 128 valence electrons. The van der Waals surface area contributed by atoms with E-state index in [0.717, 1.165) is 36.4 Å². The van der Waals surface area contributed by atoms with Crippen LogP contribution in [0, 0.1) is 6.92 Å². The molecule has 2 aromatic rings. The van der Waals surface area contributed by atoms with Gasteiger partial charge in [-0.15, -0.1) is 0 Å². The maximum absolute atomic E-state index is 12.3. The number of amides is 1. The van der Waals surface area contributed by atoms with Crippen molar-refractivity contribution in [2.24, 2.45) is 0 Å². The first-order valence-electron chi connectivity index (χ1n) is 8.82. The Morgan fingerprint density at radius 1 is 0.958 bits per heavy atom. The molecular weight excluding hydrogens is 296 g/mol. The summed E-state index contributed by atoms with van der Waals surface area (Å²) >= 11 is 0. The number of hydrogen-bond acceptors (Lipinski definition) is 2. The molecule has 0 radical (unpaired) electrons. The van der Waals surface area contributed by atoms with E-state index >= 15 is 0 Å². The number of nitrogens with one attached hydrogen (secondary N) is 1. The molecule has 0 heterocycles. The molecular formula is C21H28N2O. The smallest absolute Gasteiger partial charge is 0.255 e. The zero-order valence-electron chi connectivity index (χ0n) is 15.0. The van der Waals surface area contributed by atoms with Gasteiger partial charge >= 0.3 is 0 Å². The molecule has 1 N–H and O–H groups in total. The Balaban J connectivity index is 1.99. The molecule has 0 spiro atoms. The first-order valence-corrected chi connectivity index (χ1v) is 8.82. The Morgan fingerprint density at radius 2 is 1.58 bits per heavy atom. The Bertz CT molecular complexity index is 643. The summed E-state index contributed by atoms with van der Waals surface area (Å²) in [6.07, 6.45) is 2.34. The Kier molecular flexibility index (Phi) is 7.01. The lowest BCUT2D eigenvalue weighted by Gasteiger charge is -2.21. The summed E-state index contributed by atoms with van der Waals surface area (Å²) < 4.78 is 0. The topological polar surface area (TPSA) is 32.3 Å². The molecule has 0 bridgehead atoms. The largest absolute Gasteiger partial charge is 0.322 e. The zero-order chi connectivity index (χ0) is 17.4. The average molecular weight is 324 g/mol. The SMILES string of the molecule is CCCN(CCC)Cc1ccc(NC(=O)c2ccccc2C)cc1. The number of rotatable bonds is 8. The van der Waals surface area contributed by atoms with Crippen molar-refractivity contribution in [3.8, 4) is 0 Å². The number of aryl methyl sites for hydroxylation is 1. The highest BCUT2D eigenvalue weighted by Gasteiger charge is 2.09. The quantitative estimate of drug-likeness (QED) is 0.751. The fourth-order valence-electron chi connectivity index (χ4n) is 2.88. The summed E-state index contributed by atoms with van der Waals surface area (Å²) in [5.74, 6) is -0.0561. The molecule has 0 unspecified atom stereocenters. The summed E-state index contributed by atoms with van der Waals surface area (Å²) in [7, 11) is 0. The van der Waals surface area contributed by atoms with Crippen LogP contribution in [0.3, 0.4) is 0 Å². The van der Waals surface area contributed by atoms with Crippen LogP contribution in [0.15, 0.2) is 48.5 Å². The minimum atomic E-state index is -0.0561. The van der Waals surface area contributed by atoms with Gasteiger partial charge in [0.05, 0.1) is 0 Å². The number of carbonyl (C=O) groups is 1. The van der Waals surface area contributed by atoms with Crippen molar-refractivity contribution in [1.29, 1.82) is 0 Å². The van der Waals surface area contributed by atoms with Crippen LogP contribution < -0.4 is 5.32 Å². The molecule has 0 aromatic heterocycles. The van der Waals surface area contributed by atoms with E-state index in [9.17, 15) is 4.79 Å². The van der Waals surface area contributed by atoms with Crippen molar-refractivity contribution in [3.05, 3.63) is 65.2 Å². The van der Waals surface area contributed by atoms with E-state index < -0.39 is 0 Å². The van der Waals surface area contributed by atoms with Crippen molar-refractivity contribution in [1.82, 2.24) is 4.90 Å². The number of anilines is 1. The Labute approximate surface area is 145 Å². The lowest BCUT2D eigenvalue weighted by molar-refractivity contribution is 0.102. The van der Waals surface area contributed by atoms with Gasteiger partial charge in [-0.1, -0.05) is 44.2 Å². The summed E-state index contributed by atoms with van der Waals surface area (Å²) in [4.78, 5) is 14.8. The molecule has 0 atom stereocenters. The van der Waals surface area contributed by atoms with Crippen LogP contribution in [0.4, 0.5) is 5.69 Å². The van der Waals surface area contributed by atoms with E-state index in [1.165, 1.54) is 18.4 Å². The second-order valence-corrected chi connectivity index (χ2v) is 6.24. The molecule has 2 aromatic carbocycles. The maximum Gasteiger partial charge on any atom is 0.255 e. The van der Waals surface area contributed by atoms with Crippen LogP contribution >= 0.6 is 0 Å². The van der Waals surface area contributed by atoms with Crippen molar-refractivity contribution >= 4 is 11.6 Å². The van der Waals surface area contributed by atoms with Crippen LogP contribution in [0.1, 0.15) is 48.2 Å². The van der Waals surface area contributed by atoms with Crippen LogP contribution in [0.5, 0.6) is 0 Å². The summed E-state index contributed by atoms with van der Waals surface area (Å²) in [6.45, 7) is 9.60. The van der Waals surface area contributed by atoms with Gasteiger partial charge < -0.3 is 5.32 Å². The van der Waals surface area contributed by atoms with Crippen LogP contribution in [-0.4, -0.2) is 23.9 Å². The van der Waals surface area contributed by atoms with Crippen molar-refractivity contribution in [3.63, 3.8) is 0 Å². The number of hydrogen-bond donors (Lipinski definition) is 1. The lowest BCUT2D eigenvalue weighted by atomic mass is 10.1. The zero-order valence-corrected chi connectivity index (χ0v) is 15.0. The summed E-state index contributed by atoms with van der Waals surface area (Å²) in [5.41, 5.74) is 3.83. The Morgan fingerprint density at radius 3 is 2.17 bits per heavy atom. The number of carbonyl (C=O) groups excluding carboxylic acids is 1. The highest BCUT2D eigenvalue weighted by atomic mass is 16.1. The summed E-state index contributed by atoms with van der Waals surface area (Å²) in [5, 5.41) is 2.98. The number of nitrogens with zero attached hydrogens (tertiary/aromatic N) is 1. The molecule has 2 rings (SSSR count). The van der Waals surface area contributed by atoms with Gasteiger partial charge in [-0.3, -0.25) is 9.69 Å². The van der Waals surface area contributed by atoms with Crippen molar-refractivity contribution in [2.45, 2.75) is 40.2 Å². The predicted octanol–water partition coefficient (Wildman–Crippen LogP) is 4.87. The second-order valence-electron chi connectivity index (χ2n) is 6.24. The molecule has 3 nitrogen and oxygen atoms in total. The van der Waals surface area contributed by atoms with E-state index in [2.05, 4.69) is 36.2 Å². The maximum atomic E-state index is 12.3. The van der Waals surface area contributed by atoms with E-state index in [1.54, 1.807) is 0 Å². The van der Waals surface area contributed by atoms with Gasteiger partial charge in [0.2, 0.25) is 0 Å². The normalized spacial score (nSPS) is 10.8. The fourth-order valence-corrected chi connectivity index (χ4v) is 2.88. The van der Waals surface area contributed by atoms with Crippen molar-refractivity contribution < 1.29 is 4.79 Å². The highest BCUT2D eigenvalue weighted by molar-refractivity contribution is 6.05. The molecule has 3 heteroatoms. The van der Waals surface area contributed by atoms with Crippen LogP contribution in [-0.2, 0) is 6.54 Å².